The smallest absolute Gasteiger partial charge is 0.419 e. The van der Waals surface area contributed by atoms with Gasteiger partial charge in [0.25, 0.3) is 0 Å². The number of ether oxygens (including phenoxy) is 1. The van der Waals surface area contributed by atoms with Gasteiger partial charge in [0, 0.05) is 24.3 Å². The first-order chi connectivity index (χ1) is 18.0. The third-order valence-corrected chi connectivity index (χ3v) is 5.54. The molecule has 0 aliphatic carbocycles. The predicted octanol–water partition coefficient (Wildman–Crippen LogP) is 6.74. The molecule has 1 atom stereocenters. The van der Waals surface area contributed by atoms with Crippen LogP contribution in [0.5, 0.6) is 0 Å². The van der Waals surface area contributed by atoms with Gasteiger partial charge in [0.15, 0.2) is 0 Å². The van der Waals surface area contributed by atoms with E-state index in [9.17, 15) is 49.4 Å². The van der Waals surface area contributed by atoms with E-state index < -0.39 is 77.2 Å². The lowest BCUT2D eigenvalue weighted by molar-refractivity contribution is -0.143. The maximum Gasteiger partial charge on any atom is 0.419 e. The Hall–Kier alpha value is -3.52. The molecule has 212 valence electrons. The van der Waals surface area contributed by atoms with Gasteiger partial charge in [-0.05, 0) is 36.2 Å². The van der Waals surface area contributed by atoms with Crippen molar-refractivity contribution in [2.75, 3.05) is 13.2 Å². The molecule has 3 aromatic rings. The highest BCUT2D eigenvalue weighted by Gasteiger charge is 2.42. The van der Waals surface area contributed by atoms with Crippen LogP contribution < -0.4 is 5.32 Å². The van der Waals surface area contributed by atoms with Crippen LogP contribution in [0.4, 0.5) is 39.5 Å². The zero-order valence-corrected chi connectivity index (χ0v) is 20.0. The quantitative estimate of drug-likeness (QED) is 0.208. The van der Waals surface area contributed by atoms with Crippen LogP contribution in [-0.2, 0) is 29.8 Å². The van der Waals surface area contributed by atoms with Gasteiger partial charge >= 0.3 is 24.5 Å². The van der Waals surface area contributed by atoms with E-state index in [1.165, 1.54) is 31.2 Å². The maximum atomic E-state index is 14.1. The van der Waals surface area contributed by atoms with E-state index in [0.717, 1.165) is 0 Å². The SMILES string of the molecule is CCOC(=O)c1[nH]c(CNCC(O)c2cc(C(F)(F)F)cc(C(F)(F)F)c2)c(-c2ccccc2)c1C(F)(F)F. The molecule has 0 amide bonds. The number of carbonyl (C=O) groups is 1. The summed E-state index contributed by atoms with van der Waals surface area (Å²) in [7, 11) is 0. The molecule has 1 heterocycles. The molecule has 0 aliphatic rings. The Morgan fingerprint density at radius 2 is 1.49 bits per heavy atom. The number of aromatic nitrogens is 1. The van der Waals surface area contributed by atoms with Crippen molar-refractivity contribution in [1.29, 1.82) is 0 Å². The van der Waals surface area contributed by atoms with Crippen LogP contribution in [0.3, 0.4) is 0 Å². The van der Waals surface area contributed by atoms with Crippen LogP contribution in [0.1, 0.15) is 51.5 Å². The highest BCUT2D eigenvalue weighted by molar-refractivity contribution is 5.93. The van der Waals surface area contributed by atoms with Gasteiger partial charge in [0.05, 0.1) is 29.4 Å². The van der Waals surface area contributed by atoms with Crippen molar-refractivity contribution in [1.82, 2.24) is 10.3 Å². The second-order valence-electron chi connectivity index (χ2n) is 8.30. The number of rotatable bonds is 8. The number of halogens is 9. The molecule has 1 unspecified atom stereocenters. The van der Waals surface area contributed by atoms with E-state index in [2.05, 4.69) is 10.3 Å². The fraction of sp³-hybridized carbons (Fsp3) is 0.320. The minimum absolute atomic E-state index is 0.0710. The van der Waals surface area contributed by atoms with E-state index in [0.29, 0.717) is 12.1 Å². The molecule has 5 nitrogen and oxygen atoms in total. The van der Waals surface area contributed by atoms with Gasteiger partial charge in [-0.25, -0.2) is 4.79 Å². The van der Waals surface area contributed by atoms with Crippen LogP contribution in [0, 0.1) is 0 Å². The molecular formula is C25H21F9N2O3. The molecule has 3 N–H and O–H groups in total. The molecule has 2 aromatic carbocycles. The summed E-state index contributed by atoms with van der Waals surface area (Å²) >= 11 is 0. The van der Waals surface area contributed by atoms with Gasteiger partial charge in [-0.3, -0.25) is 0 Å². The first-order valence-corrected chi connectivity index (χ1v) is 11.3. The van der Waals surface area contributed by atoms with Crippen molar-refractivity contribution in [3.8, 4) is 11.1 Å². The molecule has 0 radical (unpaired) electrons. The Balaban J connectivity index is 1.96. The first-order valence-electron chi connectivity index (χ1n) is 11.3. The summed E-state index contributed by atoms with van der Waals surface area (Å²) < 4.78 is 126. The molecule has 0 saturated carbocycles. The van der Waals surface area contributed by atoms with Crippen LogP contribution in [-0.4, -0.2) is 29.2 Å². The van der Waals surface area contributed by atoms with Gasteiger partial charge in [-0.15, -0.1) is 0 Å². The lowest BCUT2D eigenvalue weighted by Crippen LogP contribution is -2.22. The third-order valence-electron chi connectivity index (χ3n) is 5.54. The van der Waals surface area contributed by atoms with Crippen molar-refractivity contribution in [3.63, 3.8) is 0 Å². The Morgan fingerprint density at radius 1 is 0.923 bits per heavy atom. The fourth-order valence-corrected chi connectivity index (χ4v) is 3.87. The highest BCUT2D eigenvalue weighted by atomic mass is 19.4. The van der Waals surface area contributed by atoms with Crippen molar-refractivity contribution in [3.05, 3.63) is 82.2 Å². The number of alkyl halides is 9. The molecule has 0 saturated heterocycles. The van der Waals surface area contributed by atoms with E-state index >= 15 is 0 Å². The second-order valence-corrected chi connectivity index (χ2v) is 8.30. The molecule has 0 aliphatic heterocycles. The van der Waals surface area contributed by atoms with Gasteiger partial charge in [0.2, 0.25) is 0 Å². The number of hydrogen-bond acceptors (Lipinski definition) is 4. The van der Waals surface area contributed by atoms with Crippen molar-refractivity contribution < 1.29 is 54.2 Å². The third kappa shape index (κ3) is 7.12. The average molecular weight is 568 g/mol. The normalized spacial score (nSPS) is 13.4. The van der Waals surface area contributed by atoms with Gasteiger partial charge in [0.1, 0.15) is 5.69 Å². The Labute approximate surface area is 215 Å². The summed E-state index contributed by atoms with van der Waals surface area (Å²) in [5.74, 6) is -1.28. The lowest BCUT2D eigenvalue weighted by Gasteiger charge is -2.18. The van der Waals surface area contributed by atoms with E-state index in [1.807, 2.05) is 0 Å². The lowest BCUT2D eigenvalue weighted by atomic mass is 9.99. The summed E-state index contributed by atoms with van der Waals surface area (Å²) in [6, 6.07) is 7.79. The van der Waals surface area contributed by atoms with Crippen LogP contribution in [0.25, 0.3) is 11.1 Å². The molecule has 0 bridgehead atoms. The highest BCUT2D eigenvalue weighted by Crippen LogP contribution is 2.42. The zero-order valence-electron chi connectivity index (χ0n) is 20.0. The van der Waals surface area contributed by atoms with Crippen LogP contribution >= 0.6 is 0 Å². The summed E-state index contributed by atoms with van der Waals surface area (Å²) in [6.07, 6.45) is -17.2. The minimum atomic E-state index is -5.13. The monoisotopic (exact) mass is 568 g/mol. The standard InChI is InChI=1S/C25H21F9N2O3/c1-2-39-22(38)21-20(25(32,33)34)19(13-6-4-3-5-7-13)17(36-21)11-35-12-18(37)14-8-15(23(26,27)28)10-16(9-14)24(29,30)31/h3-10,18,35-37H,2,11-12H2,1H3. The molecule has 0 fully saturated rings. The summed E-state index contributed by atoms with van der Waals surface area (Å²) in [5, 5.41) is 12.9. The molecular weight excluding hydrogens is 547 g/mol. The number of hydrogen-bond donors (Lipinski definition) is 3. The van der Waals surface area contributed by atoms with Crippen molar-refractivity contribution >= 4 is 5.97 Å². The van der Waals surface area contributed by atoms with E-state index in [4.69, 9.17) is 4.74 Å². The number of benzene rings is 2. The van der Waals surface area contributed by atoms with Crippen LogP contribution in [0.2, 0.25) is 0 Å². The zero-order chi connectivity index (χ0) is 29.2. The minimum Gasteiger partial charge on any atom is -0.461 e. The topological polar surface area (TPSA) is 74.4 Å². The number of aromatic amines is 1. The molecule has 3 rings (SSSR count). The van der Waals surface area contributed by atoms with Gasteiger partial charge in [-0.1, -0.05) is 30.3 Å². The van der Waals surface area contributed by atoms with E-state index in [-0.39, 0.29) is 23.9 Å². The summed E-state index contributed by atoms with van der Waals surface area (Å²) in [6.45, 7) is 0.0668. The Bertz CT molecular complexity index is 1260. The summed E-state index contributed by atoms with van der Waals surface area (Å²) in [5.41, 5.74) is -6.67. The second kappa shape index (κ2) is 11.3. The average Bonchev–Trinajstić information content (AvgIpc) is 3.23. The first kappa shape index (κ1) is 30.0. The number of aliphatic hydroxyl groups is 1. The number of H-pyrrole nitrogens is 1. The summed E-state index contributed by atoms with van der Waals surface area (Å²) in [4.78, 5) is 14.7. The molecule has 14 heteroatoms. The van der Waals surface area contributed by atoms with Crippen LogP contribution in [0.15, 0.2) is 48.5 Å². The van der Waals surface area contributed by atoms with Gasteiger partial charge < -0.3 is 20.1 Å². The number of nitrogens with one attached hydrogen (secondary N) is 2. The van der Waals surface area contributed by atoms with Gasteiger partial charge in [-0.2, -0.15) is 39.5 Å². The fourth-order valence-electron chi connectivity index (χ4n) is 3.87. The number of esters is 1. The Morgan fingerprint density at radius 3 is 1.97 bits per heavy atom. The van der Waals surface area contributed by atoms with Crippen molar-refractivity contribution in [2.45, 2.75) is 38.1 Å². The Kier molecular flexibility index (Phi) is 8.70. The maximum absolute atomic E-state index is 14.1. The molecule has 1 aromatic heterocycles. The molecule has 0 spiro atoms. The predicted molar refractivity (Wildman–Crippen MR) is 120 cm³/mol. The number of aliphatic hydroxyl groups excluding tert-OH is 1. The van der Waals surface area contributed by atoms with Crippen molar-refractivity contribution in [2.24, 2.45) is 0 Å². The molecule has 39 heavy (non-hydrogen) atoms. The van der Waals surface area contributed by atoms with E-state index in [1.54, 1.807) is 6.07 Å². The number of carbonyl (C=O) groups excluding carboxylic acids is 1. The largest absolute Gasteiger partial charge is 0.461 e.